The second-order valence-corrected chi connectivity index (χ2v) is 8.36. The molecule has 0 spiro atoms. The van der Waals surface area contributed by atoms with Crippen LogP contribution in [0.3, 0.4) is 0 Å². The van der Waals surface area contributed by atoms with Gasteiger partial charge < -0.3 is 9.47 Å². The van der Waals surface area contributed by atoms with Gasteiger partial charge in [0.1, 0.15) is 11.9 Å². The lowest BCUT2D eigenvalue weighted by atomic mass is 10.2. The minimum absolute atomic E-state index is 0.191. The summed E-state index contributed by atoms with van der Waals surface area (Å²) >= 11 is 0. The quantitative estimate of drug-likeness (QED) is 0.775. The molecule has 1 unspecified atom stereocenters. The van der Waals surface area contributed by atoms with Crippen LogP contribution in [0.5, 0.6) is 11.6 Å². The fraction of sp³-hybridized carbons (Fsp3) is 0.421. The summed E-state index contributed by atoms with van der Waals surface area (Å²) in [4.78, 5) is 4.51. The van der Waals surface area contributed by atoms with Crippen molar-refractivity contribution in [3.63, 3.8) is 0 Å². The lowest BCUT2D eigenvalue weighted by Crippen LogP contribution is -2.31. The van der Waals surface area contributed by atoms with Crippen molar-refractivity contribution in [1.82, 2.24) is 9.29 Å². The fourth-order valence-corrected chi connectivity index (χ4v) is 4.53. The first-order valence-electron chi connectivity index (χ1n) is 8.73. The van der Waals surface area contributed by atoms with Crippen molar-refractivity contribution in [3.8, 4) is 11.6 Å². The highest BCUT2D eigenvalue weighted by molar-refractivity contribution is 7.89. The minimum atomic E-state index is -3.55. The zero-order chi connectivity index (χ0) is 18.7. The maximum absolute atomic E-state index is 12.9. The summed E-state index contributed by atoms with van der Waals surface area (Å²) in [5.74, 6) is 1.23. The van der Waals surface area contributed by atoms with Gasteiger partial charge in [-0.1, -0.05) is 6.07 Å². The summed E-state index contributed by atoms with van der Waals surface area (Å²) in [6.45, 7) is 7.01. The number of hydrogen-bond acceptors (Lipinski definition) is 5. The van der Waals surface area contributed by atoms with Crippen molar-refractivity contribution in [3.05, 3.63) is 47.7 Å². The molecule has 0 N–H and O–H groups in total. The van der Waals surface area contributed by atoms with Crippen LogP contribution in [0.2, 0.25) is 0 Å². The molecule has 1 aliphatic heterocycles. The van der Waals surface area contributed by atoms with Crippen molar-refractivity contribution in [2.75, 3.05) is 19.7 Å². The summed E-state index contributed by atoms with van der Waals surface area (Å²) in [6.07, 6.45) is 2.19. The molecule has 140 valence electrons. The lowest BCUT2D eigenvalue weighted by molar-refractivity contribution is 0.207. The zero-order valence-corrected chi connectivity index (χ0v) is 16.1. The van der Waals surface area contributed by atoms with E-state index < -0.39 is 10.0 Å². The Morgan fingerprint density at radius 2 is 2.04 bits per heavy atom. The van der Waals surface area contributed by atoms with E-state index in [2.05, 4.69) is 4.98 Å². The van der Waals surface area contributed by atoms with E-state index in [1.807, 2.05) is 32.9 Å². The molecule has 0 saturated carbocycles. The lowest BCUT2D eigenvalue weighted by Gasteiger charge is -2.18. The summed E-state index contributed by atoms with van der Waals surface area (Å²) in [6, 6.07) is 8.71. The molecule has 26 heavy (non-hydrogen) atoms. The molecule has 0 aliphatic carbocycles. The molecule has 7 heteroatoms. The van der Waals surface area contributed by atoms with E-state index in [-0.39, 0.29) is 11.0 Å². The number of aryl methyl sites for hydroxylation is 2. The Bertz CT molecular complexity index is 866. The largest absolute Gasteiger partial charge is 0.494 e. The van der Waals surface area contributed by atoms with Gasteiger partial charge in [-0.25, -0.2) is 13.4 Å². The van der Waals surface area contributed by atoms with Crippen LogP contribution in [0, 0.1) is 13.8 Å². The van der Waals surface area contributed by atoms with Crippen LogP contribution >= 0.6 is 0 Å². The Morgan fingerprint density at radius 3 is 2.69 bits per heavy atom. The molecule has 1 aliphatic rings. The molecule has 1 aromatic heterocycles. The summed E-state index contributed by atoms with van der Waals surface area (Å²) in [5.41, 5.74) is 1.86. The molecular weight excluding hydrogens is 352 g/mol. The van der Waals surface area contributed by atoms with E-state index in [9.17, 15) is 8.42 Å². The van der Waals surface area contributed by atoms with E-state index in [1.54, 1.807) is 24.4 Å². The van der Waals surface area contributed by atoms with Crippen LogP contribution in [-0.2, 0) is 10.0 Å². The molecule has 0 amide bonds. The average Bonchev–Trinajstić information content (AvgIpc) is 3.08. The second-order valence-electron chi connectivity index (χ2n) is 6.43. The molecule has 3 rings (SSSR count). The summed E-state index contributed by atoms with van der Waals surface area (Å²) in [5, 5.41) is 0. The third-order valence-corrected chi connectivity index (χ3v) is 6.22. The van der Waals surface area contributed by atoms with Crippen molar-refractivity contribution in [2.45, 2.75) is 38.2 Å². The van der Waals surface area contributed by atoms with Gasteiger partial charge in [-0.05, 0) is 56.5 Å². The third-order valence-electron chi connectivity index (χ3n) is 4.36. The number of hydrogen-bond donors (Lipinski definition) is 0. The number of nitrogens with zero attached hydrogens (tertiary/aromatic N) is 2. The standard InChI is InChI=1S/C19H24N2O4S/c1-4-24-18-7-6-17(11-15(18)3)26(22,23)21-10-9-16(13-21)25-19-8-5-14(2)12-20-19/h5-8,11-12,16H,4,9-10,13H2,1-3H3. The van der Waals surface area contributed by atoms with Gasteiger partial charge in [-0.2, -0.15) is 4.31 Å². The maximum Gasteiger partial charge on any atom is 0.243 e. The van der Waals surface area contributed by atoms with E-state index in [0.29, 0.717) is 37.7 Å². The van der Waals surface area contributed by atoms with E-state index in [0.717, 1.165) is 11.1 Å². The molecule has 6 nitrogen and oxygen atoms in total. The number of ether oxygens (including phenoxy) is 2. The summed E-state index contributed by atoms with van der Waals surface area (Å²) in [7, 11) is -3.55. The van der Waals surface area contributed by atoms with Gasteiger partial charge in [0.05, 0.1) is 18.0 Å². The Balaban J connectivity index is 1.70. The van der Waals surface area contributed by atoms with Crippen molar-refractivity contribution < 1.29 is 17.9 Å². The average molecular weight is 376 g/mol. The first-order valence-corrected chi connectivity index (χ1v) is 10.2. The zero-order valence-electron chi connectivity index (χ0n) is 15.3. The number of benzene rings is 1. The van der Waals surface area contributed by atoms with Crippen LogP contribution in [0.1, 0.15) is 24.5 Å². The van der Waals surface area contributed by atoms with Crippen LogP contribution in [0.25, 0.3) is 0 Å². The molecule has 0 bridgehead atoms. The highest BCUT2D eigenvalue weighted by atomic mass is 32.2. The Labute approximate surface area is 154 Å². The number of aromatic nitrogens is 1. The maximum atomic E-state index is 12.9. The van der Waals surface area contributed by atoms with Gasteiger partial charge in [0.15, 0.2) is 0 Å². The molecule has 0 radical (unpaired) electrons. The molecule has 1 atom stereocenters. The number of pyridine rings is 1. The Kier molecular flexibility index (Phi) is 5.48. The summed E-state index contributed by atoms with van der Waals surface area (Å²) < 4.78 is 38.6. The minimum Gasteiger partial charge on any atom is -0.494 e. The van der Waals surface area contributed by atoms with E-state index in [4.69, 9.17) is 9.47 Å². The smallest absolute Gasteiger partial charge is 0.243 e. The van der Waals surface area contributed by atoms with Gasteiger partial charge in [0.25, 0.3) is 0 Å². The number of rotatable bonds is 6. The Hall–Kier alpha value is -2.12. The molecule has 1 fully saturated rings. The first-order chi connectivity index (χ1) is 12.4. The SMILES string of the molecule is CCOc1ccc(S(=O)(=O)N2CCC(Oc3ccc(C)cn3)C2)cc1C. The van der Waals surface area contributed by atoms with Crippen molar-refractivity contribution in [1.29, 1.82) is 0 Å². The predicted molar refractivity (Wildman–Crippen MR) is 99.1 cm³/mol. The van der Waals surface area contributed by atoms with Gasteiger partial charge in [0.2, 0.25) is 15.9 Å². The second kappa shape index (κ2) is 7.63. The third kappa shape index (κ3) is 3.99. The molecule has 2 aromatic rings. The Morgan fingerprint density at radius 1 is 1.23 bits per heavy atom. The first kappa shape index (κ1) is 18.7. The monoisotopic (exact) mass is 376 g/mol. The van der Waals surface area contributed by atoms with Gasteiger partial charge in [-0.15, -0.1) is 0 Å². The van der Waals surface area contributed by atoms with Crippen LogP contribution < -0.4 is 9.47 Å². The van der Waals surface area contributed by atoms with Crippen molar-refractivity contribution >= 4 is 10.0 Å². The normalized spacial score (nSPS) is 18.0. The van der Waals surface area contributed by atoms with Crippen LogP contribution in [-0.4, -0.2) is 43.5 Å². The van der Waals surface area contributed by atoms with Gasteiger partial charge >= 0.3 is 0 Å². The van der Waals surface area contributed by atoms with Crippen LogP contribution in [0.15, 0.2) is 41.4 Å². The highest BCUT2D eigenvalue weighted by Gasteiger charge is 2.34. The van der Waals surface area contributed by atoms with Gasteiger partial charge in [0, 0.05) is 18.8 Å². The van der Waals surface area contributed by atoms with E-state index >= 15 is 0 Å². The predicted octanol–water partition coefficient (Wildman–Crippen LogP) is 2.94. The van der Waals surface area contributed by atoms with Crippen LogP contribution in [0.4, 0.5) is 0 Å². The van der Waals surface area contributed by atoms with Crippen molar-refractivity contribution in [2.24, 2.45) is 0 Å². The van der Waals surface area contributed by atoms with Gasteiger partial charge in [-0.3, -0.25) is 0 Å². The van der Waals surface area contributed by atoms with E-state index in [1.165, 1.54) is 4.31 Å². The topological polar surface area (TPSA) is 68.7 Å². The molecule has 1 aromatic carbocycles. The number of sulfonamides is 1. The molecular formula is C19H24N2O4S. The molecule has 1 saturated heterocycles. The molecule has 2 heterocycles. The highest BCUT2D eigenvalue weighted by Crippen LogP contribution is 2.27. The fourth-order valence-electron chi connectivity index (χ4n) is 2.96.